The zero-order valence-electron chi connectivity index (χ0n) is 8.56. The van der Waals surface area contributed by atoms with Crippen molar-refractivity contribution < 1.29 is 8.42 Å². The van der Waals surface area contributed by atoms with E-state index in [2.05, 4.69) is 0 Å². The Morgan fingerprint density at radius 2 is 1.93 bits per heavy atom. The van der Waals surface area contributed by atoms with Gasteiger partial charge in [-0.3, -0.25) is 4.90 Å². The highest BCUT2D eigenvalue weighted by Gasteiger charge is 2.24. The maximum atomic E-state index is 11.2. The molecule has 1 atom stereocenters. The standard InChI is InChI=1S/C8H14ClN3O2S/c1-15(13,14)12-4-2-11(3-5-12)7-8(9)6-10/h8H,2-5,7H2,1H3. The minimum atomic E-state index is -3.07. The van der Waals surface area contributed by atoms with Crippen LogP contribution in [0.5, 0.6) is 0 Å². The van der Waals surface area contributed by atoms with Crippen molar-refractivity contribution in [3.63, 3.8) is 0 Å². The Balaban J connectivity index is 2.40. The van der Waals surface area contributed by atoms with Crippen molar-refractivity contribution in [3.8, 4) is 6.07 Å². The smallest absolute Gasteiger partial charge is 0.211 e. The first-order chi connectivity index (χ1) is 6.93. The van der Waals surface area contributed by atoms with Crippen LogP contribution in [-0.2, 0) is 10.0 Å². The number of piperazine rings is 1. The first-order valence-corrected chi connectivity index (χ1v) is 6.93. The lowest BCUT2D eigenvalue weighted by Gasteiger charge is -2.33. The Bertz CT molecular complexity index is 343. The van der Waals surface area contributed by atoms with Crippen LogP contribution in [0, 0.1) is 11.3 Å². The summed E-state index contributed by atoms with van der Waals surface area (Å²) in [6.45, 7) is 2.73. The first kappa shape index (κ1) is 12.7. The molecular formula is C8H14ClN3O2S. The third-order valence-electron chi connectivity index (χ3n) is 2.36. The molecule has 15 heavy (non-hydrogen) atoms. The summed E-state index contributed by atoms with van der Waals surface area (Å²) in [6, 6.07) is 1.95. The molecule has 86 valence electrons. The normalized spacial score (nSPS) is 22.2. The van der Waals surface area contributed by atoms with Crippen molar-refractivity contribution in [2.75, 3.05) is 39.0 Å². The summed E-state index contributed by atoms with van der Waals surface area (Å²) < 4.78 is 23.8. The molecule has 0 N–H and O–H groups in total. The Morgan fingerprint density at radius 3 is 2.33 bits per heavy atom. The van der Waals surface area contributed by atoms with Gasteiger partial charge in [0.05, 0.1) is 12.3 Å². The predicted molar refractivity (Wildman–Crippen MR) is 58.1 cm³/mol. The highest BCUT2D eigenvalue weighted by Crippen LogP contribution is 2.07. The van der Waals surface area contributed by atoms with Gasteiger partial charge in [-0.2, -0.15) is 9.57 Å². The number of sulfonamides is 1. The average molecular weight is 252 g/mol. The number of rotatable bonds is 3. The van der Waals surface area contributed by atoms with E-state index in [0.717, 1.165) is 0 Å². The lowest BCUT2D eigenvalue weighted by molar-refractivity contribution is 0.193. The van der Waals surface area contributed by atoms with Crippen LogP contribution in [0.4, 0.5) is 0 Å². The zero-order chi connectivity index (χ0) is 11.5. The third-order valence-corrected chi connectivity index (χ3v) is 3.90. The molecule has 0 bridgehead atoms. The van der Waals surface area contributed by atoms with Crippen LogP contribution in [0.2, 0.25) is 0 Å². The maximum absolute atomic E-state index is 11.2. The molecule has 0 saturated carbocycles. The molecule has 1 fully saturated rings. The van der Waals surface area contributed by atoms with Crippen molar-refractivity contribution in [1.82, 2.24) is 9.21 Å². The molecule has 0 aromatic rings. The molecule has 1 unspecified atom stereocenters. The monoisotopic (exact) mass is 251 g/mol. The van der Waals surface area contributed by atoms with E-state index in [4.69, 9.17) is 16.9 Å². The number of hydrogen-bond acceptors (Lipinski definition) is 4. The first-order valence-electron chi connectivity index (χ1n) is 4.64. The van der Waals surface area contributed by atoms with Gasteiger partial charge in [-0.15, -0.1) is 11.6 Å². The fraction of sp³-hybridized carbons (Fsp3) is 0.875. The summed E-state index contributed by atoms with van der Waals surface area (Å²) in [5, 5.41) is 8.01. The summed E-state index contributed by atoms with van der Waals surface area (Å²) in [5.41, 5.74) is 0. The highest BCUT2D eigenvalue weighted by atomic mass is 35.5. The third kappa shape index (κ3) is 3.95. The van der Waals surface area contributed by atoms with Gasteiger partial charge in [0.15, 0.2) is 0 Å². The molecule has 0 aromatic carbocycles. The molecular weight excluding hydrogens is 238 g/mol. The van der Waals surface area contributed by atoms with Gasteiger partial charge >= 0.3 is 0 Å². The number of alkyl halides is 1. The summed E-state index contributed by atoms with van der Waals surface area (Å²) in [7, 11) is -3.07. The average Bonchev–Trinajstić information content (AvgIpc) is 2.17. The van der Waals surface area contributed by atoms with Crippen LogP contribution in [0.1, 0.15) is 0 Å². The van der Waals surface area contributed by atoms with Gasteiger partial charge in [0.25, 0.3) is 0 Å². The van der Waals surface area contributed by atoms with Gasteiger partial charge in [0.2, 0.25) is 10.0 Å². The Labute approximate surface area is 95.3 Å². The molecule has 1 rings (SSSR count). The second kappa shape index (κ2) is 5.12. The van der Waals surface area contributed by atoms with Crippen molar-refractivity contribution in [2.45, 2.75) is 5.38 Å². The van der Waals surface area contributed by atoms with Crippen molar-refractivity contribution in [1.29, 1.82) is 5.26 Å². The SMILES string of the molecule is CS(=O)(=O)N1CCN(CC(Cl)C#N)CC1. The second-order valence-electron chi connectivity index (χ2n) is 3.56. The van der Waals surface area contributed by atoms with Crippen LogP contribution in [0.15, 0.2) is 0 Å². The van der Waals surface area contributed by atoms with E-state index in [1.54, 1.807) is 0 Å². The van der Waals surface area contributed by atoms with Crippen molar-refractivity contribution in [2.24, 2.45) is 0 Å². The largest absolute Gasteiger partial charge is 0.298 e. The Morgan fingerprint density at radius 1 is 1.40 bits per heavy atom. The highest BCUT2D eigenvalue weighted by molar-refractivity contribution is 7.88. The molecule has 0 amide bonds. The topological polar surface area (TPSA) is 64.4 Å². The van der Waals surface area contributed by atoms with Crippen molar-refractivity contribution in [3.05, 3.63) is 0 Å². The van der Waals surface area contributed by atoms with E-state index < -0.39 is 15.4 Å². The molecule has 5 nitrogen and oxygen atoms in total. The molecule has 1 aliphatic rings. The quantitative estimate of drug-likeness (QED) is 0.646. The molecule has 7 heteroatoms. The van der Waals surface area contributed by atoms with E-state index in [1.165, 1.54) is 10.6 Å². The van der Waals surface area contributed by atoms with Gasteiger partial charge in [0, 0.05) is 32.7 Å². The van der Waals surface area contributed by atoms with Crippen LogP contribution in [0.25, 0.3) is 0 Å². The minimum Gasteiger partial charge on any atom is -0.298 e. The molecule has 1 heterocycles. The molecule has 0 spiro atoms. The Kier molecular flexibility index (Phi) is 4.34. The van der Waals surface area contributed by atoms with Crippen LogP contribution in [-0.4, -0.2) is 62.0 Å². The van der Waals surface area contributed by atoms with Gasteiger partial charge in [-0.05, 0) is 0 Å². The number of hydrogen-bond donors (Lipinski definition) is 0. The van der Waals surface area contributed by atoms with E-state index in [1.807, 2.05) is 11.0 Å². The van der Waals surface area contributed by atoms with Gasteiger partial charge < -0.3 is 0 Å². The Hall–Kier alpha value is -0.350. The molecule has 1 saturated heterocycles. The van der Waals surface area contributed by atoms with Crippen molar-refractivity contribution >= 4 is 21.6 Å². The summed E-state index contributed by atoms with van der Waals surface area (Å²) in [4.78, 5) is 2.00. The van der Waals surface area contributed by atoms with Gasteiger partial charge in [0.1, 0.15) is 5.38 Å². The minimum absolute atomic E-state index is 0.480. The second-order valence-corrected chi connectivity index (χ2v) is 6.07. The van der Waals surface area contributed by atoms with Gasteiger partial charge in [-0.25, -0.2) is 8.42 Å². The molecule has 0 aliphatic carbocycles. The number of nitriles is 1. The molecule has 0 aromatic heterocycles. The lowest BCUT2D eigenvalue weighted by Crippen LogP contribution is -2.49. The van der Waals surface area contributed by atoms with Crippen LogP contribution >= 0.6 is 11.6 Å². The van der Waals surface area contributed by atoms with E-state index in [0.29, 0.717) is 32.7 Å². The predicted octanol–water partition coefficient (Wildman–Crippen LogP) is -0.305. The van der Waals surface area contributed by atoms with E-state index >= 15 is 0 Å². The lowest BCUT2D eigenvalue weighted by atomic mass is 10.3. The number of halogens is 1. The molecule has 1 aliphatic heterocycles. The summed E-state index contributed by atoms with van der Waals surface area (Å²) in [6.07, 6.45) is 1.21. The fourth-order valence-electron chi connectivity index (χ4n) is 1.51. The number of nitrogens with zero attached hydrogens (tertiary/aromatic N) is 3. The summed E-state index contributed by atoms with van der Waals surface area (Å²) in [5.74, 6) is 0. The van der Waals surface area contributed by atoms with Gasteiger partial charge in [-0.1, -0.05) is 0 Å². The fourth-order valence-corrected chi connectivity index (χ4v) is 2.53. The maximum Gasteiger partial charge on any atom is 0.211 e. The summed E-state index contributed by atoms with van der Waals surface area (Å²) >= 11 is 5.69. The van der Waals surface area contributed by atoms with E-state index in [-0.39, 0.29) is 0 Å². The van der Waals surface area contributed by atoms with Crippen LogP contribution in [0.3, 0.4) is 0 Å². The zero-order valence-corrected chi connectivity index (χ0v) is 10.1. The van der Waals surface area contributed by atoms with Crippen LogP contribution < -0.4 is 0 Å². The van der Waals surface area contributed by atoms with E-state index in [9.17, 15) is 8.42 Å². The molecule has 0 radical (unpaired) electrons.